The van der Waals surface area contributed by atoms with Crippen molar-refractivity contribution in [3.63, 3.8) is 0 Å². The first-order valence-electron chi connectivity index (χ1n) is 10.7. The second-order valence-corrected chi connectivity index (χ2v) is 8.93. The Morgan fingerprint density at radius 1 is 1.16 bits per heavy atom. The van der Waals surface area contributed by atoms with Crippen molar-refractivity contribution in [3.05, 3.63) is 35.7 Å². The van der Waals surface area contributed by atoms with Crippen LogP contribution in [0.3, 0.4) is 0 Å². The Labute approximate surface area is 187 Å². The van der Waals surface area contributed by atoms with Gasteiger partial charge >= 0.3 is 0 Å². The lowest BCUT2D eigenvalue weighted by Gasteiger charge is -2.29. The zero-order valence-electron chi connectivity index (χ0n) is 18.4. The molecule has 31 heavy (non-hydrogen) atoms. The van der Waals surface area contributed by atoms with Crippen LogP contribution in [0.25, 0.3) is 0 Å². The average molecular weight is 446 g/mol. The number of ether oxygens (including phenoxy) is 1. The Hall–Kier alpha value is -2.55. The van der Waals surface area contributed by atoms with E-state index in [1.54, 1.807) is 7.11 Å². The molecular weight excluding hydrogens is 414 g/mol. The molecule has 0 aliphatic heterocycles. The van der Waals surface area contributed by atoms with Gasteiger partial charge in [0, 0.05) is 13.1 Å². The molecule has 1 fully saturated rings. The van der Waals surface area contributed by atoms with Crippen LogP contribution in [-0.4, -0.2) is 45.5 Å². The van der Waals surface area contributed by atoms with E-state index in [4.69, 9.17) is 4.74 Å². The maximum atomic E-state index is 12.3. The van der Waals surface area contributed by atoms with Crippen molar-refractivity contribution in [2.45, 2.75) is 56.8 Å². The zero-order valence-corrected chi connectivity index (χ0v) is 19.2. The summed E-state index contributed by atoms with van der Waals surface area (Å²) < 4.78 is 6.94. The van der Waals surface area contributed by atoms with Gasteiger partial charge < -0.3 is 19.9 Å². The molecule has 168 valence electrons. The Bertz CT molecular complexity index is 884. The van der Waals surface area contributed by atoms with Crippen LogP contribution in [0.15, 0.2) is 29.4 Å². The summed E-state index contributed by atoms with van der Waals surface area (Å²) in [6.45, 7) is 2.49. The van der Waals surface area contributed by atoms with Gasteiger partial charge in [-0.3, -0.25) is 9.59 Å². The lowest BCUT2D eigenvalue weighted by Crippen LogP contribution is -2.41. The van der Waals surface area contributed by atoms with Crippen molar-refractivity contribution >= 4 is 23.6 Å². The molecule has 2 N–H and O–H groups in total. The third kappa shape index (κ3) is 6.72. The molecule has 0 radical (unpaired) electrons. The molecule has 9 heteroatoms. The topological polar surface area (TPSA) is 98.1 Å². The lowest BCUT2D eigenvalue weighted by molar-refractivity contribution is -0.121. The van der Waals surface area contributed by atoms with Crippen LogP contribution >= 0.6 is 11.8 Å². The van der Waals surface area contributed by atoms with E-state index in [1.165, 1.54) is 31.0 Å². The fraction of sp³-hybridized carbons (Fsp3) is 0.545. The molecule has 0 unspecified atom stereocenters. The minimum atomic E-state index is -0.0941. The number of nitrogens with one attached hydrogen (secondary N) is 2. The molecule has 2 atom stereocenters. The first kappa shape index (κ1) is 23.1. The molecule has 1 heterocycles. The summed E-state index contributed by atoms with van der Waals surface area (Å²) >= 11 is 1.36. The minimum absolute atomic E-state index is 0.0288. The molecule has 0 saturated heterocycles. The number of hydrogen-bond acceptors (Lipinski definition) is 6. The number of carbonyl (C=O) groups is 2. The second-order valence-electron chi connectivity index (χ2n) is 7.98. The third-order valence-corrected chi connectivity index (χ3v) is 6.70. The molecule has 1 aromatic heterocycles. The van der Waals surface area contributed by atoms with Gasteiger partial charge in [0.05, 0.1) is 25.8 Å². The van der Waals surface area contributed by atoms with Crippen LogP contribution < -0.4 is 15.4 Å². The van der Waals surface area contributed by atoms with E-state index < -0.39 is 0 Å². The molecule has 1 aliphatic carbocycles. The van der Waals surface area contributed by atoms with Gasteiger partial charge in [-0.1, -0.05) is 43.7 Å². The summed E-state index contributed by atoms with van der Waals surface area (Å²) in [6.07, 6.45) is 4.94. The minimum Gasteiger partial charge on any atom is -0.497 e. The summed E-state index contributed by atoms with van der Waals surface area (Å²) in [4.78, 5) is 24.6. The van der Waals surface area contributed by atoms with Crippen LogP contribution in [0.4, 0.5) is 0 Å². The highest BCUT2D eigenvalue weighted by Gasteiger charge is 2.23. The Morgan fingerprint density at radius 2 is 1.90 bits per heavy atom. The van der Waals surface area contributed by atoms with Crippen LogP contribution in [0, 0.1) is 5.92 Å². The van der Waals surface area contributed by atoms with Crippen molar-refractivity contribution in [1.29, 1.82) is 0 Å². The van der Waals surface area contributed by atoms with Gasteiger partial charge in [0.1, 0.15) is 5.75 Å². The van der Waals surface area contributed by atoms with Crippen molar-refractivity contribution in [1.82, 2.24) is 25.4 Å². The molecule has 0 spiro atoms. The number of nitrogens with zero attached hydrogens (tertiary/aromatic N) is 3. The van der Waals surface area contributed by atoms with Gasteiger partial charge in [0.2, 0.25) is 11.8 Å². The number of amides is 2. The van der Waals surface area contributed by atoms with E-state index in [9.17, 15) is 9.59 Å². The van der Waals surface area contributed by atoms with E-state index in [1.807, 2.05) is 35.9 Å². The second kappa shape index (κ2) is 11.2. The summed E-state index contributed by atoms with van der Waals surface area (Å²) in [5.74, 6) is 2.18. The highest BCUT2D eigenvalue weighted by Crippen LogP contribution is 2.24. The first-order valence-corrected chi connectivity index (χ1v) is 11.6. The lowest BCUT2D eigenvalue weighted by atomic mass is 9.86. The van der Waals surface area contributed by atoms with Crippen molar-refractivity contribution in [2.75, 3.05) is 12.9 Å². The smallest absolute Gasteiger partial charge is 0.230 e. The molecule has 2 amide bonds. The van der Waals surface area contributed by atoms with Crippen LogP contribution in [0.2, 0.25) is 0 Å². The van der Waals surface area contributed by atoms with Gasteiger partial charge in [0.15, 0.2) is 11.0 Å². The highest BCUT2D eigenvalue weighted by molar-refractivity contribution is 7.99. The van der Waals surface area contributed by atoms with Crippen LogP contribution in [0.1, 0.15) is 44.0 Å². The predicted octanol–water partition coefficient (Wildman–Crippen LogP) is 2.47. The molecule has 8 nitrogen and oxygen atoms in total. The van der Waals surface area contributed by atoms with Crippen molar-refractivity contribution in [3.8, 4) is 5.75 Å². The summed E-state index contributed by atoms with van der Waals surface area (Å²) in [7, 11) is 3.45. The molecule has 1 aliphatic rings. The van der Waals surface area contributed by atoms with E-state index in [2.05, 4.69) is 27.8 Å². The highest BCUT2D eigenvalue weighted by atomic mass is 32.2. The van der Waals surface area contributed by atoms with Crippen LogP contribution in [0.5, 0.6) is 5.75 Å². The first-order chi connectivity index (χ1) is 15.0. The number of carbonyl (C=O) groups excluding carboxylic acids is 2. The number of hydrogen-bond donors (Lipinski definition) is 2. The normalized spacial score (nSPS) is 18.4. The monoisotopic (exact) mass is 445 g/mol. The average Bonchev–Trinajstić information content (AvgIpc) is 3.12. The molecule has 1 saturated carbocycles. The van der Waals surface area contributed by atoms with Gasteiger partial charge in [-0.15, -0.1) is 10.2 Å². The van der Waals surface area contributed by atoms with Crippen LogP contribution in [-0.2, 0) is 29.6 Å². The number of benzene rings is 1. The zero-order chi connectivity index (χ0) is 22.2. The Balaban J connectivity index is 1.43. The molecule has 1 aromatic carbocycles. The molecular formula is C22H31N5O3S. The quantitative estimate of drug-likeness (QED) is 0.576. The molecule has 0 bridgehead atoms. The van der Waals surface area contributed by atoms with E-state index in [0.717, 1.165) is 17.7 Å². The van der Waals surface area contributed by atoms with E-state index in [-0.39, 0.29) is 30.8 Å². The van der Waals surface area contributed by atoms with Crippen molar-refractivity contribution < 1.29 is 14.3 Å². The van der Waals surface area contributed by atoms with Gasteiger partial charge in [-0.05, 0) is 36.5 Å². The number of aromatic nitrogens is 3. The maximum absolute atomic E-state index is 12.3. The van der Waals surface area contributed by atoms with Gasteiger partial charge in [-0.2, -0.15) is 0 Å². The Kier molecular flexibility index (Phi) is 8.34. The summed E-state index contributed by atoms with van der Waals surface area (Å²) in [5, 5.41) is 15.0. The van der Waals surface area contributed by atoms with E-state index >= 15 is 0 Å². The fourth-order valence-electron chi connectivity index (χ4n) is 3.70. The number of rotatable bonds is 9. The maximum Gasteiger partial charge on any atom is 0.230 e. The number of methoxy groups -OCH3 is 1. The third-order valence-electron chi connectivity index (χ3n) is 5.68. The SMILES string of the molecule is COc1ccc(CC(=O)NCc2nnc(SCC(=O)N[C@@H]3CCCC[C@H]3C)n2C)cc1. The predicted molar refractivity (Wildman–Crippen MR) is 120 cm³/mol. The summed E-state index contributed by atoms with van der Waals surface area (Å²) in [6, 6.07) is 7.68. The fourth-order valence-corrected chi connectivity index (χ4v) is 4.44. The molecule has 3 rings (SSSR count). The van der Waals surface area contributed by atoms with Gasteiger partial charge in [0.25, 0.3) is 0 Å². The number of thioether (sulfide) groups is 1. The Morgan fingerprint density at radius 3 is 2.61 bits per heavy atom. The summed E-state index contributed by atoms with van der Waals surface area (Å²) in [5.41, 5.74) is 0.908. The standard InChI is InChI=1S/C22H31N5O3S/c1-15-6-4-5-7-18(15)24-21(29)14-31-22-26-25-19(27(22)2)13-23-20(28)12-16-8-10-17(30-3)11-9-16/h8-11,15,18H,4-7,12-14H2,1-3H3,(H,23,28)(H,24,29)/t15-,18-/m1/s1. The largest absolute Gasteiger partial charge is 0.497 e. The molecule has 2 aromatic rings. The van der Waals surface area contributed by atoms with E-state index in [0.29, 0.717) is 22.7 Å². The van der Waals surface area contributed by atoms with Crippen molar-refractivity contribution in [2.24, 2.45) is 13.0 Å². The van der Waals surface area contributed by atoms with Gasteiger partial charge in [-0.25, -0.2) is 0 Å².